The number of thioether (sulfide) groups is 1. The SMILES string of the molecule is COc1cc(/C=C2\SC(=Nc3ccc4ncccc4c3)N(C)C2=O)ccc1O[C@@H](C)C(=O)O. The van der Waals surface area contributed by atoms with Crippen molar-refractivity contribution in [3.05, 3.63) is 65.2 Å². The summed E-state index contributed by atoms with van der Waals surface area (Å²) >= 11 is 1.28. The van der Waals surface area contributed by atoms with Gasteiger partial charge >= 0.3 is 5.97 Å². The van der Waals surface area contributed by atoms with Gasteiger partial charge in [-0.3, -0.25) is 14.7 Å². The van der Waals surface area contributed by atoms with Crippen LogP contribution in [-0.2, 0) is 9.59 Å². The number of methoxy groups -OCH3 is 1. The Morgan fingerprint density at radius 3 is 2.79 bits per heavy atom. The van der Waals surface area contributed by atoms with E-state index in [4.69, 9.17) is 14.6 Å². The number of aromatic nitrogens is 1. The Hall–Kier alpha value is -3.85. The fraction of sp³-hybridized carbons (Fsp3) is 0.167. The molecular formula is C24H21N3O5S. The molecule has 168 valence electrons. The summed E-state index contributed by atoms with van der Waals surface area (Å²) in [6, 6.07) is 14.6. The zero-order valence-corrected chi connectivity index (χ0v) is 19.0. The number of aliphatic carboxylic acids is 1. The standard InChI is InChI=1S/C24H21N3O5S/c1-14(23(29)30)32-19-9-6-15(11-20(19)31-3)12-21-22(28)27(2)24(33-21)26-17-7-8-18-16(13-17)5-4-10-25-18/h4-14H,1-3H3,(H,29,30)/b21-12-,26-24?/t14-/m0/s1. The van der Waals surface area contributed by atoms with Crippen LogP contribution in [0.25, 0.3) is 17.0 Å². The van der Waals surface area contributed by atoms with Gasteiger partial charge in [-0.05, 0) is 66.7 Å². The number of amides is 1. The van der Waals surface area contributed by atoms with Gasteiger partial charge in [0.25, 0.3) is 5.91 Å². The number of carboxylic acid groups (broad SMARTS) is 1. The van der Waals surface area contributed by atoms with Crippen molar-refractivity contribution in [3.8, 4) is 11.5 Å². The molecule has 1 atom stereocenters. The summed E-state index contributed by atoms with van der Waals surface area (Å²) in [7, 11) is 3.15. The number of fused-ring (bicyclic) bond motifs is 1. The molecule has 1 aromatic heterocycles. The third-order valence-corrected chi connectivity index (χ3v) is 6.01. The van der Waals surface area contributed by atoms with Crippen LogP contribution in [0.1, 0.15) is 12.5 Å². The van der Waals surface area contributed by atoms with Crippen LogP contribution in [0.2, 0.25) is 0 Å². The molecule has 1 aliphatic rings. The Labute approximate surface area is 194 Å². The molecule has 0 aliphatic carbocycles. The van der Waals surface area contributed by atoms with Gasteiger partial charge in [0, 0.05) is 18.6 Å². The van der Waals surface area contributed by atoms with Gasteiger partial charge in [0.1, 0.15) is 0 Å². The fourth-order valence-electron chi connectivity index (χ4n) is 3.16. The number of carbonyl (C=O) groups is 2. The van der Waals surface area contributed by atoms with Gasteiger partial charge in [-0.2, -0.15) is 0 Å². The van der Waals surface area contributed by atoms with E-state index < -0.39 is 12.1 Å². The van der Waals surface area contributed by atoms with E-state index in [1.54, 1.807) is 37.5 Å². The lowest BCUT2D eigenvalue weighted by Gasteiger charge is -2.14. The quantitative estimate of drug-likeness (QED) is 0.543. The number of amidine groups is 1. The molecule has 0 saturated carbocycles. The van der Waals surface area contributed by atoms with Crippen LogP contribution in [-0.4, -0.2) is 52.3 Å². The highest BCUT2D eigenvalue weighted by molar-refractivity contribution is 8.18. The van der Waals surface area contributed by atoms with Gasteiger partial charge in [0.15, 0.2) is 22.8 Å². The maximum absolute atomic E-state index is 12.8. The Balaban J connectivity index is 1.59. The molecule has 1 fully saturated rings. The van der Waals surface area contributed by atoms with Gasteiger partial charge in [-0.1, -0.05) is 12.1 Å². The summed E-state index contributed by atoms with van der Waals surface area (Å²) in [4.78, 5) is 34.8. The third kappa shape index (κ3) is 4.83. The Bertz CT molecular complexity index is 1300. The van der Waals surface area contributed by atoms with Crippen molar-refractivity contribution < 1.29 is 24.2 Å². The number of nitrogens with zero attached hydrogens (tertiary/aromatic N) is 3. The molecule has 0 radical (unpaired) electrons. The summed E-state index contributed by atoms with van der Waals surface area (Å²) in [6.07, 6.45) is 2.46. The fourth-order valence-corrected chi connectivity index (χ4v) is 4.15. The Morgan fingerprint density at radius 2 is 2.03 bits per heavy atom. The molecule has 3 aromatic rings. The van der Waals surface area contributed by atoms with Crippen LogP contribution >= 0.6 is 11.8 Å². The number of hydrogen-bond donors (Lipinski definition) is 1. The molecular weight excluding hydrogens is 442 g/mol. The molecule has 1 N–H and O–H groups in total. The molecule has 1 saturated heterocycles. The van der Waals surface area contributed by atoms with Crippen molar-refractivity contribution in [1.82, 2.24) is 9.88 Å². The van der Waals surface area contributed by atoms with Crippen LogP contribution in [0.4, 0.5) is 5.69 Å². The molecule has 0 unspecified atom stereocenters. The lowest BCUT2D eigenvalue weighted by atomic mass is 10.2. The van der Waals surface area contributed by atoms with Crippen LogP contribution in [0.3, 0.4) is 0 Å². The molecule has 2 aromatic carbocycles. The second-order valence-corrected chi connectivity index (χ2v) is 8.27. The van der Waals surface area contributed by atoms with E-state index >= 15 is 0 Å². The topological polar surface area (TPSA) is 101 Å². The molecule has 0 bridgehead atoms. The number of likely N-dealkylation sites (N-methyl/N-ethyl adjacent to an activating group) is 1. The van der Waals surface area contributed by atoms with Crippen molar-refractivity contribution >= 4 is 51.5 Å². The average Bonchev–Trinajstić information content (AvgIpc) is 3.07. The van der Waals surface area contributed by atoms with Crippen molar-refractivity contribution in [3.63, 3.8) is 0 Å². The minimum atomic E-state index is -1.08. The molecule has 8 nitrogen and oxygen atoms in total. The minimum absolute atomic E-state index is 0.167. The molecule has 1 aliphatic heterocycles. The first-order chi connectivity index (χ1) is 15.9. The number of hydrogen-bond acceptors (Lipinski definition) is 7. The lowest BCUT2D eigenvalue weighted by molar-refractivity contribution is -0.144. The number of pyridine rings is 1. The van der Waals surface area contributed by atoms with Crippen molar-refractivity contribution in [2.45, 2.75) is 13.0 Å². The molecule has 2 heterocycles. The van der Waals surface area contributed by atoms with Crippen molar-refractivity contribution in [2.24, 2.45) is 4.99 Å². The van der Waals surface area contributed by atoms with Crippen LogP contribution in [0.15, 0.2) is 64.6 Å². The first-order valence-electron chi connectivity index (χ1n) is 10.0. The zero-order chi connectivity index (χ0) is 23.5. The Morgan fingerprint density at radius 1 is 1.21 bits per heavy atom. The predicted octanol–water partition coefficient (Wildman–Crippen LogP) is 4.33. The zero-order valence-electron chi connectivity index (χ0n) is 18.2. The van der Waals surface area contributed by atoms with Gasteiger partial charge in [-0.25, -0.2) is 9.79 Å². The van der Waals surface area contributed by atoms with Gasteiger partial charge in [0.05, 0.1) is 23.2 Å². The summed E-state index contributed by atoms with van der Waals surface area (Å²) in [5, 5.41) is 10.6. The molecule has 4 rings (SSSR count). The number of rotatable bonds is 6. The van der Waals surface area contributed by atoms with Gasteiger partial charge in [-0.15, -0.1) is 0 Å². The lowest BCUT2D eigenvalue weighted by Crippen LogP contribution is -2.23. The summed E-state index contributed by atoms with van der Waals surface area (Å²) < 4.78 is 10.8. The monoisotopic (exact) mass is 463 g/mol. The van der Waals surface area contributed by atoms with E-state index in [9.17, 15) is 9.59 Å². The van der Waals surface area contributed by atoms with E-state index in [0.29, 0.717) is 27.1 Å². The van der Waals surface area contributed by atoms with E-state index in [0.717, 1.165) is 16.6 Å². The second-order valence-electron chi connectivity index (χ2n) is 7.26. The first-order valence-corrected chi connectivity index (χ1v) is 10.9. The highest BCUT2D eigenvalue weighted by Gasteiger charge is 2.30. The summed E-state index contributed by atoms with van der Waals surface area (Å²) in [6.45, 7) is 1.44. The van der Waals surface area contributed by atoms with Crippen LogP contribution < -0.4 is 9.47 Å². The van der Waals surface area contributed by atoms with Crippen LogP contribution in [0.5, 0.6) is 11.5 Å². The smallest absolute Gasteiger partial charge is 0.344 e. The van der Waals surface area contributed by atoms with Gasteiger partial charge in [0.2, 0.25) is 0 Å². The van der Waals surface area contributed by atoms with Gasteiger partial charge < -0.3 is 14.6 Å². The normalized spacial score (nSPS) is 17.1. The second kappa shape index (κ2) is 9.33. The number of carbonyl (C=O) groups excluding carboxylic acids is 1. The maximum atomic E-state index is 12.8. The molecule has 9 heteroatoms. The minimum Gasteiger partial charge on any atom is -0.493 e. The molecule has 0 spiro atoms. The number of carboxylic acids is 1. The average molecular weight is 464 g/mol. The first kappa shape index (κ1) is 22.3. The maximum Gasteiger partial charge on any atom is 0.344 e. The highest BCUT2D eigenvalue weighted by Crippen LogP contribution is 2.35. The highest BCUT2D eigenvalue weighted by atomic mass is 32.2. The van der Waals surface area contributed by atoms with Crippen molar-refractivity contribution in [1.29, 1.82) is 0 Å². The Kier molecular flexibility index (Phi) is 6.32. The summed E-state index contributed by atoms with van der Waals surface area (Å²) in [5.74, 6) is -0.557. The molecule has 1 amide bonds. The third-order valence-electron chi connectivity index (χ3n) is 4.95. The number of benzene rings is 2. The van der Waals surface area contributed by atoms with Crippen LogP contribution in [0, 0.1) is 0 Å². The van der Waals surface area contributed by atoms with E-state index in [1.807, 2.05) is 30.3 Å². The number of aliphatic imine (C=N–C) groups is 1. The number of ether oxygens (including phenoxy) is 2. The van der Waals surface area contributed by atoms with Crippen molar-refractivity contribution in [2.75, 3.05) is 14.2 Å². The molecule has 33 heavy (non-hydrogen) atoms. The predicted molar refractivity (Wildman–Crippen MR) is 128 cm³/mol. The largest absolute Gasteiger partial charge is 0.493 e. The van der Waals surface area contributed by atoms with E-state index in [2.05, 4.69) is 9.98 Å². The van der Waals surface area contributed by atoms with E-state index in [1.165, 1.54) is 30.7 Å². The summed E-state index contributed by atoms with van der Waals surface area (Å²) in [5.41, 5.74) is 2.32. The van der Waals surface area contributed by atoms with E-state index in [-0.39, 0.29) is 5.91 Å².